The lowest BCUT2D eigenvalue weighted by Gasteiger charge is -2.35. The van der Waals surface area contributed by atoms with Crippen molar-refractivity contribution in [1.29, 1.82) is 0 Å². The van der Waals surface area contributed by atoms with E-state index in [0.29, 0.717) is 0 Å². The van der Waals surface area contributed by atoms with E-state index in [2.05, 4.69) is 47.7 Å². The molecule has 3 aromatic heterocycles. The molecule has 2 amide bonds. The molecule has 0 aromatic carbocycles. The van der Waals surface area contributed by atoms with E-state index in [1.54, 1.807) is 11.3 Å². The first-order chi connectivity index (χ1) is 12.6. The van der Waals surface area contributed by atoms with Crippen molar-refractivity contribution >= 4 is 28.7 Å². The van der Waals surface area contributed by atoms with Crippen LogP contribution in [0.4, 0.5) is 10.5 Å². The van der Waals surface area contributed by atoms with Crippen molar-refractivity contribution in [3.8, 4) is 0 Å². The van der Waals surface area contributed by atoms with Crippen LogP contribution in [-0.4, -0.2) is 32.1 Å². The number of anilines is 1. The molecule has 1 unspecified atom stereocenters. The molecular weight excluding hydrogens is 346 g/mol. The predicted octanol–water partition coefficient (Wildman–Crippen LogP) is 4.46. The maximum absolute atomic E-state index is 12.9. The summed E-state index contributed by atoms with van der Waals surface area (Å²) in [4.78, 5) is 16.3. The topological polar surface area (TPSA) is 62.5 Å². The number of hydrogen-bond acceptors (Lipinski definition) is 4. The standard InChI is InChI=1S/C19H23N5OS/c1-4-15-14-8-10-26-16(14)7-9-23(15)19(25)20-13-5-6-17-21-22-18(12(2)3)24(17)11-13/h5-6,8,10-12,15H,4,7,9H2,1-3H3,(H,20,25). The Labute approximate surface area is 156 Å². The molecule has 3 aromatic rings. The summed E-state index contributed by atoms with van der Waals surface area (Å²) >= 11 is 1.79. The number of pyridine rings is 1. The average molecular weight is 369 g/mol. The summed E-state index contributed by atoms with van der Waals surface area (Å²) in [6.45, 7) is 7.05. The van der Waals surface area contributed by atoms with Crippen molar-refractivity contribution in [3.63, 3.8) is 0 Å². The molecular formula is C19H23N5OS. The van der Waals surface area contributed by atoms with Crippen molar-refractivity contribution < 1.29 is 4.79 Å². The Bertz CT molecular complexity index is 944. The smallest absolute Gasteiger partial charge is 0.317 e. The predicted molar refractivity (Wildman–Crippen MR) is 104 cm³/mol. The van der Waals surface area contributed by atoms with Gasteiger partial charge in [-0.2, -0.15) is 0 Å². The van der Waals surface area contributed by atoms with Gasteiger partial charge in [-0.05, 0) is 42.0 Å². The monoisotopic (exact) mass is 369 g/mol. The number of thiophene rings is 1. The third-order valence-electron chi connectivity index (χ3n) is 4.94. The minimum Gasteiger partial charge on any atom is -0.317 e. The van der Waals surface area contributed by atoms with E-state index < -0.39 is 0 Å². The van der Waals surface area contributed by atoms with Crippen LogP contribution < -0.4 is 5.32 Å². The average Bonchev–Trinajstić information content (AvgIpc) is 3.26. The zero-order valence-corrected chi connectivity index (χ0v) is 16.1. The molecule has 1 atom stereocenters. The second-order valence-electron chi connectivity index (χ2n) is 6.96. The third kappa shape index (κ3) is 2.86. The Hall–Kier alpha value is -2.41. The van der Waals surface area contributed by atoms with Gasteiger partial charge in [0.25, 0.3) is 0 Å². The molecule has 26 heavy (non-hydrogen) atoms. The minimum atomic E-state index is -0.0489. The highest BCUT2D eigenvalue weighted by Gasteiger charge is 2.30. The summed E-state index contributed by atoms with van der Waals surface area (Å²) in [5, 5.41) is 13.6. The van der Waals surface area contributed by atoms with Crippen LogP contribution in [0.3, 0.4) is 0 Å². The number of aromatic nitrogens is 3. The fourth-order valence-electron chi connectivity index (χ4n) is 3.65. The normalized spacial score (nSPS) is 16.9. The van der Waals surface area contributed by atoms with Gasteiger partial charge >= 0.3 is 6.03 Å². The SMILES string of the molecule is CCC1c2ccsc2CCN1C(=O)Nc1ccc2nnc(C(C)C)n2c1. The largest absolute Gasteiger partial charge is 0.322 e. The maximum Gasteiger partial charge on any atom is 0.322 e. The summed E-state index contributed by atoms with van der Waals surface area (Å²) < 4.78 is 1.95. The lowest BCUT2D eigenvalue weighted by atomic mass is 9.98. The molecule has 1 N–H and O–H groups in total. The van der Waals surface area contributed by atoms with Gasteiger partial charge in [0.2, 0.25) is 0 Å². The number of rotatable bonds is 3. The Morgan fingerprint density at radius 2 is 2.19 bits per heavy atom. The first kappa shape index (κ1) is 17.0. The van der Waals surface area contributed by atoms with Gasteiger partial charge in [-0.1, -0.05) is 20.8 Å². The van der Waals surface area contributed by atoms with E-state index in [1.807, 2.05) is 27.6 Å². The van der Waals surface area contributed by atoms with E-state index in [4.69, 9.17) is 0 Å². The summed E-state index contributed by atoms with van der Waals surface area (Å²) in [5.41, 5.74) is 2.85. The molecule has 1 aliphatic heterocycles. The number of carbonyl (C=O) groups excluding carboxylic acids is 1. The molecule has 0 aliphatic carbocycles. The zero-order chi connectivity index (χ0) is 18.3. The lowest BCUT2D eigenvalue weighted by molar-refractivity contribution is 0.181. The minimum absolute atomic E-state index is 0.0489. The number of amides is 2. The van der Waals surface area contributed by atoms with Gasteiger partial charge in [-0.25, -0.2) is 4.79 Å². The van der Waals surface area contributed by atoms with Crippen LogP contribution in [0.5, 0.6) is 0 Å². The first-order valence-corrected chi connectivity index (χ1v) is 9.95. The van der Waals surface area contributed by atoms with E-state index in [1.165, 1.54) is 10.4 Å². The highest BCUT2D eigenvalue weighted by molar-refractivity contribution is 7.10. The molecule has 0 fully saturated rings. The molecule has 1 aliphatic rings. The summed E-state index contributed by atoms with van der Waals surface area (Å²) in [6, 6.07) is 6.03. The van der Waals surface area contributed by atoms with Gasteiger partial charge in [0.15, 0.2) is 5.65 Å². The number of fused-ring (bicyclic) bond motifs is 2. The van der Waals surface area contributed by atoms with Crippen LogP contribution in [0.2, 0.25) is 0 Å². The van der Waals surface area contributed by atoms with Crippen molar-refractivity contribution in [3.05, 3.63) is 46.0 Å². The molecule has 7 heteroatoms. The van der Waals surface area contributed by atoms with Gasteiger partial charge < -0.3 is 10.2 Å². The summed E-state index contributed by atoms with van der Waals surface area (Å²) in [5.74, 6) is 1.16. The molecule has 4 heterocycles. The maximum atomic E-state index is 12.9. The van der Waals surface area contributed by atoms with E-state index in [-0.39, 0.29) is 18.0 Å². The number of nitrogens with one attached hydrogen (secondary N) is 1. The van der Waals surface area contributed by atoms with Gasteiger partial charge in [0, 0.05) is 23.5 Å². The van der Waals surface area contributed by atoms with Crippen LogP contribution in [0, 0.1) is 0 Å². The van der Waals surface area contributed by atoms with Crippen LogP contribution >= 0.6 is 11.3 Å². The Morgan fingerprint density at radius 3 is 2.96 bits per heavy atom. The Morgan fingerprint density at radius 1 is 1.35 bits per heavy atom. The quantitative estimate of drug-likeness (QED) is 0.741. The van der Waals surface area contributed by atoms with Crippen molar-refractivity contribution in [2.75, 3.05) is 11.9 Å². The second-order valence-corrected chi connectivity index (χ2v) is 7.96. The second kappa shape index (κ2) is 6.72. The third-order valence-corrected chi connectivity index (χ3v) is 5.94. The zero-order valence-electron chi connectivity index (χ0n) is 15.3. The molecule has 0 radical (unpaired) electrons. The van der Waals surface area contributed by atoms with Crippen molar-refractivity contribution in [2.45, 2.75) is 45.6 Å². The molecule has 0 spiro atoms. The van der Waals surface area contributed by atoms with E-state index in [0.717, 1.165) is 36.5 Å². The highest BCUT2D eigenvalue weighted by atomic mass is 32.1. The molecule has 136 valence electrons. The fourth-order valence-corrected chi connectivity index (χ4v) is 4.58. The molecule has 0 saturated carbocycles. The van der Waals surface area contributed by atoms with E-state index >= 15 is 0 Å². The Kier molecular flexibility index (Phi) is 4.40. The van der Waals surface area contributed by atoms with E-state index in [9.17, 15) is 4.79 Å². The number of urea groups is 1. The molecule has 4 rings (SSSR count). The molecule has 0 bridgehead atoms. The summed E-state index contributed by atoms with van der Waals surface area (Å²) in [6.07, 6.45) is 3.75. The van der Waals surface area contributed by atoms with Gasteiger partial charge in [-0.3, -0.25) is 4.40 Å². The van der Waals surface area contributed by atoms with Gasteiger partial charge in [-0.15, -0.1) is 21.5 Å². The van der Waals surface area contributed by atoms with Crippen LogP contribution in [-0.2, 0) is 6.42 Å². The van der Waals surface area contributed by atoms with Crippen molar-refractivity contribution in [1.82, 2.24) is 19.5 Å². The summed E-state index contributed by atoms with van der Waals surface area (Å²) in [7, 11) is 0. The van der Waals surface area contributed by atoms with Crippen LogP contribution in [0.15, 0.2) is 29.8 Å². The lowest BCUT2D eigenvalue weighted by Crippen LogP contribution is -2.41. The van der Waals surface area contributed by atoms with Gasteiger partial charge in [0.1, 0.15) is 5.82 Å². The number of carbonyl (C=O) groups is 1. The molecule has 6 nitrogen and oxygen atoms in total. The van der Waals surface area contributed by atoms with Crippen LogP contribution in [0.25, 0.3) is 5.65 Å². The first-order valence-electron chi connectivity index (χ1n) is 9.07. The van der Waals surface area contributed by atoms with Crippen molar-refractivity contribution in [2.24, 2.45) is 0 Å². The number of hydrogen-bond donors (Lipinski definition) is 1. The fraction of sp³-hybridized carbons (Fsp3) is 0.421. The Balaban J connectivity index is 1.58. The van der Waals surface area contributed by atoms with Crippen LogP contribution in [0.1, 0.15) is 55.4 Å². The molecule has 0 saturated heterocycles. The van der Waals surface area contributed by atoms with Gasteiger partial charge in [0.05, 0.1) is 11.7 Å². The number of nitrogens with zero attached hydrogens (tertiary/aromatic N) is 4. The highest BCUT2D eigenvalue weighted by Crippen LogP contribution is 2.35.